The molecule has 0 aliphatic carbocycles. The molecule has 0 saturated carbocycles. The normalized spacial score (nSPS) is 10.7. The van der Waals surface area contributed by atoms with E-state index >= 15 is 0 Å². The lowest BCUT2D eigenvalue weighted by atomic mass is 10.2. The van der Waals surface area contributed by atoms with Gasteiger partial charge in [-0.1, -0.05) is 0 Å². The number of nitrogen functional groups attached to an aromatic ring is 1. The Morgan fingerprint density at radius 2 is 1.85 bits per heavy atom. The number of aromatic nitrogens is 1. The highest BCUT2D eigenvalue weighted by molar-refractivity contribution is 5.78. The molecule has 0 spiro atoms. The first kappa shape index (κ1) is 12.3. The number of hydrogen-bond donors (Lipinski definition) is 2. The second-order valence-electron chi connectivity index (χ2n) is 4.81. The van der Waals surface area contributed by atoms with Crippen molar-refractivity contribution in [2.75, 3.05) is 30.0 Å². The number of oxazole rings is 1. The van der Waals surface area contributed by atoms with Gasteiger partial charge in [-0.2, -0.15) is 4.98 Å². The molecule has 1 aromatic heterocycles. The Bertz CT molecular complexity index is 731. The van der Waals surface area contributed by atoms with E-state index in [1.807, 2.05) is 49.3 Å². The molecule has 0 radical (unpaired) electrons. The first-order valence-electron chi connectivity index (χ1n) is 6.32. The maximum absolute atomic E-state index is 5.72. The van der Waals surface area contributed by atoms with Gasteiger partial charge >= 0.3 is 0 Å². The summed E-state index contributed by atoms with van der Waals surface area (Å²) < 4.78 is 5.62. The Morgan fingerprint density at radius 3 is 2.55 bits per heavy atom. The molecular formula is C15H16N4O. The van der Waals surface area contributed by atoms with Gasteiger partial charge in [0.2, 0.25) is 0 Å². The fourth-order valence-corrected chi connectivity index (χ4v) is 1.96. The molecule has 3 aromatic rings. The molecular weight excluding hydrogens is 252 g/mol. The second kappa shape index (κ2) is 4.77. The van der Waals surface area contributed by atoms with E-state index in [0.29, 0.717) is 17.3 Å². The van der Waals surface area contributed by atoms with E-state index in [4.69, 9.17) is 10.2 Å². The molecule has 0 aliphatic rings. The number of benzene rings is 2. The van der Waals surface area contributed by atoms with Crippen molar-refractivity contribution in [3.63, 3.8) is 0 Å². The molecule has 2 aromatic carbocycles. The van der Waals surface area contributed by atoms with Crippen LogP contribution in [0, 0.1) is 0 Å². The summed E-state index contributed by atoms with van der Waals surface area (Å²) in [6, 6.07) is 13.9. The van der Waals surface area contributed by atoms with Crippen molar-refractivity contribution in [2.45, 2.75) is 0 Å². The first-order valence-corrected chi connectivity index (χ1v) is 6.32. The van der Waals surface area contributed by atoms with Gasteiger partial charge in [0.1, 0.15) is 5.52 Å². The summed E-state index contributed by atoms with van der Waals surface area (Å²) in [5.74, 6) is 0. The molecule has 0 atom stereocenters. The van der Waals surface area contributed by atoms with Crippen LogP contribution in [0.25, 0.3) is 11.1 Å². The number of nitrogens with two attached hydrogens (primary N) is 1. The van der Waals surface area contributed by atoms with Crippen molar-refractivity contribution in [1.82, 2.24) is 4.98 Å². The lowest BCUT2D eigenvalue weighted by molar-refractivity contribution is 0.623. The Labute approximate surface area is 117 Å². The zero-order valence-corrected chi connectivity index (χ0v) is 11.4. The van der Waals surface area contributed by atoms with Gasteiger partial charge in [0.05, 0.1) is 0 Å². The Hall–Kier alpha value is -2.69. The fraction of sp³-hybridized carbons (Fsp3) is 0.133. The molecule has 0 saturated heterocycles. The van der Waals surface area contributed by atoms with Crippen molar-refractivity contribution in [3.05, 3.63) is 42.5 Å². The Balaban J connectivity index is 1.85. The van der Waals surface area contributed by atoms with Gasteiger partial charge in [0.15, 0.2) is 5.58 Å². The fourth-order valence-electron chi connectivity index (χ4n) is 1.96. The van der Waals surface area contributed by atoms with Crippen LogP contribution in [-0.4, -0.2) is 19.1 Å². The summed E-state index contributed by atoms with van der Waals surface area (Å²) >= 11 is 0. The lowest BCUT2D eigenvalue weighted by Crippen LogP contribution is -2.08. The molecule has 102 valence electrons. The van der Waals surface area contributed by atoms with Crippen LogP contribution in [0.15, 0.2) is 46.9 Å². The highest BCUT2D eigenvalue weighted by Crippen LogP contribution is 2.24. The highest BCUT2D eigenvalue weighted by Gasteiger charge is 2.06. The van der Waals surface area contributed by atoms with E-state index < -0.39 is 0 Å². The molecule has 5 heteroatoms. The predicted octanol–water partition coefficient (Wildman–Crippen LogP) is 3.22. The van der Waals surface area contributed by atoms with Gasteiger partial charge < -0.3 is 20.4 Å². The molecule has 1 heterocycles. The van der Waals surface area contributed by atoms with Crippen molar-refractivity contribution in [2.24, 2.45) is 0 Å². The van der Waals surface area contributed by atoms with Crippen LogP contribution >= 0.6 is 0 Å². The van der Waals surface area contributed by atoms with E-state index in [-0.39, 0.29) is 0 Å². The number of fused-ring (bicyclic) bond motifs is 1. The summed E-state index contributed by atoms with van der Waals surface area (Å²) in [5.41, 5.74) is 9.93. The standard InChI is InChI=1S/C15H16N4O/c1-19(2)12-6-4-11(5-7-12)17-15-18-13-9-10(16)3-8-14(13)20-15/h3-9H,16H2,1-2H3,(H,17,18). The van der Waals surface area contributed by atoms with E-state index in [2.05, 4.69) is 10.3 Å². The maximum Gasteiger partial charge on any atom is 0.300 e. The van der Waals surface area contributed by atoms with E-state index in [9.17, 15) is 0 Å². The lowest BCUT2D eigenvalue weighted by Gasteiger charge is -2.12. The zero-order chi connectivity index (χ0) is 14.1. The third-order valence-electron chi connectivity index (χ3n) is 3.05. The molecule has 20 heavy (non-hydrogen) atoms. The minimum absolute atomic E-state index is 0.461. The molecule has 0 amide bonds. The van der Waals surface area contributed by atoms with Gasteiger partial charge in [-0.3, -0.25) is 0 Å². The van der Waals surface area contributed by atoms with E-state index in [1.165, 1.54) is 0 Å². The minimum atomic E-state index is 0.461. The molecule has 0 aliphatic heterocycles. The summed E-state index contributed by atoms with van der Waals surface area (Å²) in [7, 11) is 4.02. The van der Waals surface area contributed by atoms with Crippen molar-refractivity contribution < 1.29 is 4.42 Å². The van der Waals surface area contributed by atoms with Crippen molar-refractivity contribution in [1.29, 1.82) is 0 Å². The Morgan fingerprint density at radius 1 is 1.10 bits per heavy atom. The zero-order valence-electron chi connectivity index (χ0n) is 11.4. The van der Waals surface area contributed by atoms with Crippen molar-refractivity contribution >= 4 is 34.2 Å². The number of nitrogens with one attached hydrogen (secondary N) is 1. The quantitative estimate of drug-likeness (QED) is 0.714. The SMILES string of the molecule is CN(C)c1ccc(Nc2nc3cc(N)ccc3o2)cc1. The van der Waals surface area contributed by atoms with Crippen LogP contribution in [-0.2, 0) is 0 Å². The largest absolute Gasteiger partial charge is 0.423 e. The molecule has 3 rings (SSSR count). The third-order valence-corrected chi connectivity index (χ3v) is 3.05. The first-order chi connectivity index (χ1) is 9.61. The number of nitrogens with zero attached hydrogens (tertiary/aromatic N) is 2. The number of rotatable bonds is 3. The van der Waals surface area contributed by atoms with Crippen LogP contribution < -0.4 is 16.0 Å². The van der Waals surface area contributed by atoms with Gasteiger partial charge in [0.25, 0.3) is 6.01 Å². The maximum atomic E-state index is 5.72. The van der Waals surface area contributed by atoms with Crippen molar-refractivity contribution in [3.8, 4) is 0 Å². The van der Waals surface area contributed by atoms with Gasteiger partial charge in [0, 0.05) is 31.2 Å². The van der Waals surface area contributed by atoms with Gasteiger partial charge in [-0.25, -0.2) is 0 Å². The smallest absolute Gasteiger partial charge is 0.300 e. The number of hydrogen-bond acceptors (Lipinski definition) is 5. The predicted molar refractivity (Wildman–Crippen MR) is 82.5 cm³/mol. The van der Waals surface area contributed by atoms with Crippen LogP contribution in [0.5, 0.6) is 0 Å². The summed E-state index contributed by atoms with van der Waals surface area (Å²) in [4.78, 5) is 6.41. The van der Waals surface area contributed by atoms with Gasteiger partial charge in [-0.15, -0.1) is 0 Å². The highest BCUT2D eigenvalue weighted by atomic mass is 16.4. The topological polar surface area (TPSA) is 67.3 Å². The van der Waals surface area contributed by atoms with Gasteiger partial charge in [-0.05, 0) is 42.5 Å². The van der Waals surface area contributed by atoms with Crippen LogP contribution in [0.1, 0.15) is 0 Å². The van der Waals surface area contributed by atoms with E-state index in [0.717, 1.165) is 16.9 Å². The second-order valence-corrected chi connectivity index (χ2v) is 4.81. The molecule has 0 fully saturated rings. The summed E-state index contributed by atoms with van der Waals surface area (Å²) in [5, 5.41) is 3.14. The number of anilines is 4. The molecule has 0 unspecified atom stereocenters. The average Bonchev–Trinajstić information content (AvgIpc) is 2.80. The van der Waals surface area contributed by atoms with E-state index in [1.54, 1.807) is 12.1 Å². The monoisotopic (exact) mass is 268 g/mol. The molecule has 0 bridgehead atoms. The van der Waals surface area contributed by atoms with Crippen LogP contribution in [0.2, 0.25) is 0 Å². The van der Waals surface area contributed by atoms with Crippen LogP contribution in [0.4, 0.5) is 23.1 Å². The van der Waals surface area contributed by atoms with Crippen LogP contribution in [0.3, 0.4) is 0 Å². The third kappa shape index (κ3) is 2.38. The Kier molecular flexibility index (Phi) is 2.95. The molecule has 5 nitrogen and oxygen atoms in total. The minimum Gasteiger partial charge on any atom is -0.423 e. The average molecular weight is 268 g/mol. The molecule has 3 N–H and O–H groups in total. The summed E-state index contributed by atoms with van der Waals surface area (Å²) in [6.45, 7) is 0. The summed E-state index contributed by atoms with van der Waals surface area (Å²) in [6.07, 6.45) is 0.